The van der Waals surface area contributed by atoms with E-state index in [0.717, 1.165) is 25.7 Å². The molecule has 0 fully saturated rings. The molecule has 2 aliphatic carbocycles. The van der Waals surface area contributed by atoms with Gasteiger partial charge in [-0.05, 0) is 57.4 Å². The van der Waals surface area contributed by atoms with Crippen LogP contribution in [-0.2, 0) is 9.53 Å². The number of hydrogen-bond donors (Lipinski definition) is 1. The maximum Gasteiger partial charge on any atom is 0.309 e. The van der Waals surface area contributed by atoms with Gasteiger partial charge in [0, 0.05) is 0 Å². The van der Waals surface area contributed by atoms with Gasteiger partial charge in [0.15, 0.2) is 0 Å². The first-order valence-corrected chi connectivity index (χ1v) is 11.1. The zero-order valence-corrected chi connectivity index (χ0v) is 17.9. The monoisotopic (exact) mass is 376 g/mol. The van der Waals surface area contributed by atoms with Gasteiger partial charge in [-0.15, -0.1) is 0 Å². The fraction of sp³-hybridized carbons (Fsp3) is 0.792. The van der Waals surface area contributed by atoms with Crippen molar-refractivity contribution in [1.82, 2.24) is 0 Å². The largest absolute Gasteiger partial charge is 0.458 e. The summed E-state index contributed by atoms with van der Waals surface area (Å²) in [5.74, 6) is 0.831. The minimum Gasteiger partial charge on any atom is -0.458 e. The van der Waals surface area contributed by atoms with Crippen LogP contribution in [0.3, 0.4) is 0 Å². The number of allylic oxidation sites excluding steroid dienone is 2. The van der Waals surface area contributed by atoms with E-state index in [-0.39, 0.29) is 18.5 Å². The summed E-state index contributed by atoms with van der Waals surface area (Å²) in [6, 6.07) is 0. The molecule has 27 heavy (non-hydrogen) atoms. The van der Waals surface area contributed by atoms with E-state index in [1.165, 1.54) is 43.3 Å². The van der Waals surface area contributed by atoms with Gasteiger partial charge in [-0.1, -0.05) is 69.6 Å². The minimum absolute atomic E-state index is 0.0793. The van der Waals surface area contributed by atoms with Crippen LogP contribution >= 0.6 is 0 Å². The Bertz CT molecular complexity index is 548. The molecule has 0 aromatic rings. The van der Waals surface area contributed by atoms with E-state index in [1.807, 2.05) is 6.08 Å². The first-order chi connectivity index (χ1) is 12.8. The molecule has 0 amide bonds. The Morgan fingerprint density at radius 1 is 1.11 bits per heavy atom. The molecule has 0 saturated carbocycles. The molecule has 0 spiro atoms. The number of carbonyl (C=O) groups is 1. The molecule has 0 bridgehead atoms. The van der Waals surface area contributed by atoms with Gasteiger partial charge in [0.1, 0.15) is 6.10 Å². The van der Waals surface area contributed by atoms with E-state index in [0.29, 0.717) is 18.3 Å². The lowest BCUT2D eigenvalue weighted by Gasteiger charge is -2.35. The first kappa shape index (κ1) is 22.2. The van der Waals surface area contributed by atoms with E-state index in [2.05, 4.69) is 33.8 Å². The Morgan fingerprint density at radius 3 is 2.41 bits per heavy atom. The zero-order chi connectivity index (χ0) is 19.9. The highest BCUT2D eigenvalue weighted by Gasteiger charge is 2.36. The fourth-order valence-corrected chi connectivity index (χ4v) is 5.00. The standard InChI is InChI=1S/C24H40O3/c1-5-7-9-20-11-18(3)13-22(14-20)27-23(25)17-24(26)15-19(4)12-21(16-24)10-8-6-2/h13,15,20-22,26H,5-12,14,16-17H2,1-4H3. The predicted octanol–water partition coefficient (Wildman–Crippen LogP) is 6.11. The van der Waals surface area contributed by atoms with Crippen molar-refractivity contribution < 1.29 is 14.6 Å². The SMILES string of the molecule is CCCCC1CC(C)=CC(OC(=O)CC2(O)C=C(C)CC(CCCC)C2)C1. The predicted molar refractivity (Wildman–Crippen MR) is 111 cm³/mol. The van der Waals surface area contributed by atoms with Crippen molar-refractivity contribution in [2.45, 2.75) is 110 Å². The van der Waals surface area contributed by atoms with Gasteiger partial charge in [-0.3, -0.25) is 4.79 Å². The van der Waals surface area contributed by atoms with Crippen LogP contribution in [-0.4, -0.2) is 22.8 Å². The zero-order valence-electron chi connectivity index (χ0n) is 17.9. The number of rotatable bonds is 9. The summed E-state index contributed by atoms with van der Waals surface area (Å²) in [7, 11) is 0. The van der Waals surface area contributed by atoms with Gasteiger partial charge in [0.25, 0.3) is 0 Å². The number of ether oxygens (including phenoxy) is 1. The summed E-state index contributed by atoms with van der Waals surface area (Å²) in [6.07, 6.45) is 14.9. The second-order valence-electron chi connectivity index (χ2n) is 9.18. The summed E-state index contributed by atoms with van der Waals surface area (Å²) in [5.41, 5.74) is 1.49. The Balaban J connectivity index is 1.91. The van der Waals surface area contributed by atoms with Crippen LogP contribution < -0.4 is 0 Å². The second-order valence-corrected chi connectivity index (χ2v) is 9.18. The number of hydrogen-bond acceptors (Lipinski definition) is 3. The smallest absolute Gasteiger partial charge is 0.309 e. The Hall–Kier alpha value is -1.09. The molecule has 0 heterocycles. The average Bonchev–Trinajstić information content (AvgIpc) is 2.56. The lowest BCUT2D eigenvalue weighted by molar-refractivity contribution is -0.152. The maximum atomic E-state index is 12.6. The third kappa shape index (κ3) is 7.44. The van der Waals surface area contributed by atoms with Crippen molar-refractivity contribution in [3.63, 3.8) is 0 Å². The van der Waals surface area contributed by atoms with Crippen LogP contribution in [0.1, 0.15) is 98.3 Å². The molecule has 0 saturated heterocycles. The molecule has 0 radical (unpaired) electrons. The lowest BCUT2D eigenvalue weighted by atomic mass is 9.76. The van der Waals surface area contributed by atoms with Gasteiger partial charge in [0.05, 0.1) is 12.0 Å². The molecule has 154 valence electrons. The van der Waals surface area contributed by atoms with Crippen molar-refractivity contribution >= 4 is 5.97 Å². The van der Waals surface area contributed by atoms with Gasteiger partial charge >= 0.3 is 5.97 Å². The van der Waals surface area contributed by atoms with E-state index >= 15 is 0 Å². The van der Waals surface area contributed by atoms with Crippen LogP contribution in [0, 0.1) is 11.8 Å². The molecule has 0 aliphatic heterocycles. The number of unbranched alkanes of at least 4 members (excludes halogenated alkanes) is 2. The van der Waals surface area contributed by atoms with Crippen molar-refractivity contribution in [2.75, 3.05) is 0 Å². The van der Waals surface area contributed by atoms with Crippen molar-refractivity contribution in [1.29, 1.82) is 0 Å². The molecule has 4 unspecified atom stereocenters. The van der Waals surface area contributed by atoms with Crippen LogP contribution in [0.5, 0.6) is 0 Å². The highest BCUT2D eigenvalue weighted by molar-refractivity contribution is 5.71. The average molecular weight is 377 g/mol. The van der Waals surface area contributed by atoms with Gasteiger partial charge in [0.2, 0.25) is 0 Å². The van der Waals surface area contributed by atoms with Gasteiger partial charge < -0.3 is 9.84 Å². The van der Waals surface area contributed by atoms with E-state index in [9.17, 15) is 9.90 Å². The molecular formula is C24H40O3. The highest BCUT2D eigenvalue weighted by Crippen LogP contribution is 2.37. The molecule has 1 N–H and O–H groups in total. The third-order valence-electron chi connectivity index (χ3n) is 6.08. The number of esters is 1. The van der Waals surface area contributed by atoms with E-state index in [4.69, 9.17) is 4.74 Å². The van der Waals surface area contributed by atoms with Gasteiger partial charge in [-0.2, -0.15) is 0 Å². The summed E-state index contributed by atoms with van der Waals surface area (Å²) in [5, 5.41) is 11.0. The summed E-state index contributed by atoms with van der Waals surface area (Å²) < 4.78 is 5.79. The molecule has 0 aromatic carbocycles. The normalized spacial score (nSPS) is 31.2. The Morgan fingerprint density at radius 2 is 1.74 bits per heavy atom. The van der Waals surface area contributed by atoms with Crippen molar-refractivity contribution in [3.8, 4) is 0 Å². The van der Waals surface area contributed by atoms with Crippen LogP contribution in [0.25, 0.3) is 0 Å². The minimum atomic E-state index is -1.03. The van der Waals surface area contributed by atoms with Crippen molar-refractivity contribution in [3.05, 3.63) is 23.3 Å². The summed E-state index contributed by atoms with van der Waals surface area (Å²) in [6.45, 7) is 8.62. The van der Waals surface area contributed by atoms with Crippen LogP contribution in [0.4, 0.5) is 0 Å². The maximum absolute atomic E-state index is 12.6. The van der Waals surface area contributed by atoms with Crippen LogP contribution in [0.15, 0.2) is 23.3 Å². The van der Waals surface area contributed by atoms with Gasteiger partial charge in [-0.25, -0.2) is 0 Å². The molecule has 3 nitrogen and oxygen atoms in total. The lowest BCUT2D eigenvalue weighted by Crippen LogP contribution is -2.37. The highest BCUT2D eigenvalue weighted by atomic mass is 16.5. The molecule has 0 aromatic heterocycles. The second kappa shape index (κ2) is 10.5. The molecule has 2 rings (SSSR count). The summed E-state index contributed by atoms with van der Waals surface area (Å²) >= 11 is 0. The molecule has 3 heteroatoms. The molecule has 2 aliphatic rings. The topological polar surface area (TPSA) is 46.5 Å². The fourth-order valence-electron chi connectivity index (χ4n) is 5.00. The number of aliphatic hydroxyl groups is 1. The summed E-state index contributed by atoms with van der Waals surface area (Å²) in [4.78, 5) is 12.6. The third-order valence-corrected chi connectivity index (χ3v) is 6.08. The van der Waals surface area contributed by atoms with E-state index < -0.39 is 5.60 Å². The first-order valence-electron chi connectivity index (χ1n) is 11.1. The molecular weight excluding hydrogens is 336 g/mol. The van der Waals surface area contributed by atoms with Crippen LogP contribution in [0.2, 0.25) is 0 Å². The molecule has 4 atom stereocenters. The Kier molecular flexibility index (Phi) is 8.60. The van der Waals surface area contributed by atoms with E-state index in [1.54, 1.807) is 0 Å². The number of carbonyl (C=O) groups excluding carboxylic acids is 1. The van der Waals surface area contributed by atoms with Crippen molar-refractivity contribution in [2.24, 2.45) is 11.8 Å². The quantitative estimate of drug-likeness (QED) is 0.390. The Labute approximate surface area is 166 Å².